The molecule has 0 saturated carbocycles. The van der Waals surface area contributed by atoms with Gasteiger partial charge in [-0.25, -0.2) is 4.98 Å². The number of aromatic nitrogens is 3. The van der Waals surface area contributed by atoms with Crippen LogP contribution in [0.25, 0.3) is 38.9 Å². The zero-order chi connectivity index (χ0) is 34.5. The van der Waals surface area contributed by atoms with E-state index in [2.05, 4.69) is 143 Å². The molecule has 10 rings (SSSR count). The number of ether oxygens (including phenoxy) is 1. The Labute approximate surface area is 307 Å². The standard InChI is InChI=1S/C46H31N3OSSi/c1-3-16-35(17-4-1)52(36-18-5-2-6-19-36)43-22-8-7-21-41(43)51-42-27-26-38-37-25-24-34(50-33-15-13-14-32(30-33)39-20-9-11-28-47-39)31-40(37)49(45(38)46(42)52)44-23-10-12-29-48-44/h1-31H. The summed E-state index contributed by atoms with van der Waals surface area (Å²) >= 11 is 1.88. The quantitative estimate of drug-likeness (QED) is 0.163. The van der Waals surface area contributed by atoms with Crippen molar-refractivity contribution in [1.82, 2.24) is 14.5 Å². The molecule has 0 bridgehead atoms. The molecule has 4 heterocycles. The van der Waals surface area contributed by atoms with Gasteiger partial charge in [-0.1, -0.05) is 121 Å². The van der Waals surface area contributed by atoms with Crippen LogP contribution in [0.15, 0.2) is 198 Å². The maximum Gasteiger partial charge on any atom is 0.184 e. The van der Waals surface area contributed by atoms with Crippen molar-refractivity contribution in [3.63, 3.8) is 0 Å². The lowest BCUT2D eigenvalue weighted by molar-refractivity contribution is 0.483. The van der Waals surface area contributed by atoms with Gasteiger partial charge in [0.05, 0.1) is 16.7 Å². The Bertz CT molecular complexity index is 2700. The Morgan fingerprint density at radius 2 is 1.21 bits per heavy atom. The predicted molar refractivity (Wildman–Crippen MR) is 216 cm³/mol. The highest BCUT2D eigenvalue weighted by molar-refractivity contribution is 8.00. The third kappa shape index (κ3) is 4.83. The molecule has 0 amide bonds. The van der Waals surface area contributed by atoms with Crippen LogP contribution in [-0.2, 0) is 0 Å². The van der Waals surface area contributed by atoms with E-state index >= 15 is 0 Å². The van der Waals surface area contributed by atoms with E-state index in [1.54, 1.807) is 0 Å². The largest absolute Gasteiger partial charge is 0.457 e. The van der Waals surface area contributed by atoms with E-state index in [0.29, 0.717) is 0 Å². The van der Waals surface area contributed by atoms with Crippen LogP contribution in [0, 0.1) is 0 Å². The van der Waals surface area contributed by atoms with Crippen LogP contribution in [0.1, 0.15) is 0 Å². The van der Waals surface area contributed by atoms with Crippen molar-refractivity contribution in [2.24, 2.45) is 0 Å². The van der Waals surface area contributed by atoms with Crippen LogP contribution >= 0.6 is 11.8 Å². The number of hydrogen-bond donors (Lipinski definition) is 0. The molecule has 0 unspecified atom stereocenters. The lowest BCUT2D eigenvalue weighted by Gasteiger charge is -2.40. The Balaban J connectivity index is 1.28. The van der Waals surface area contributed by atoms with Crippen molar-refractivity contribution in [3.8, 4) is 28.6 Å². The van der Waals surface area contributed by atoms with E-state index in [1.807, 2.05) is 66.6 Å². The lowest BCUT2D eigenvalue weighted by Crippen LogP contribution is -2.76. The molecule has 0 spiro atoms. The highest BCUT2D eigenvalue weighted by Gasteiger charge is 2.48. The van der Waals surface area contributed by atoms with E-state index < -0.39 is 8.07 Å². The van der Waals surface area contributed by atoms with Crippen molar-refractivity contribution in [3.05, 3.63) is 188 Å². The lowest BCUT2D eigenvalue weighted by atomic mass is 10.1. The fourth-order valence-electron chi connectivity index (χ4n) is 7.95. The first-order chi connectivity index (χ1) is 25.8. The van der Waals surface area contributed by atoms with Crippen molar-refractivity contribution < 1.29 is 4.74 Å². The van der Waals surface area contributed by atoms with Gasteiger partial charge in [-0.3, -0.25) is 9.55 Å². The van der Waals surface area contributed by atoms with Crippen LogP contribution in [-0.4, -0.2) is 22.6 Å². The molecule has 0 N–H and O–H groups in total. The minimum absolute atomic E-state index is 0.757. The van der Waals surface area contributed by atoms with E-state index in [1.165, 1.54) is 41.4 Å². The molecular formula is C46H31N3OSSi. The topological polar surface area (TPSA) is 39.9 Å². The third-order valence-corrected chi connectivity index (χ3v) is 16.5. The van der Waals surface area contributed by atoms with Gasteiger partial charge in [-0.05, 0) is 81.4 Å². The SMILES string of the molecule is c1ccc([Si]2(c3ccccc3)c3ccccc3Sc3ccc4c5ccc(Oc6cccc(-c7ccccn7)c6)cc5n(-c5ccccn5)c4c32)cc1. The summed E-state index contributed by atoms with van der Waals surface area (Å²) in [5.41, 5.74) is 4.16. The monoisotopic (exact) mass is 701 g/mol. The van der Waals surface area contributed by atoms with Gasteiger partial charge in [0.2, 0.25) is 0 Å². The second kappa shape index (κ2) is 12.5. The van der Waals surface area contributed by atoms with Gasteiger partial charge in [0.1, 0.15) is 17.3 Å². The van der Waals surface area contributed by atoms with Gasteiger partial charge in [-0.15, -0.1) is 0 Å². The number of rotatable bonds is 6. The molecule has 4 nitrogen and oxygen atoms in total. The van der Waals surface area contributed by atoms with Gasteiger partial charge in [0.15, 0.2) is 8.07 Å². The second-order valence-corrected chi connectivity index (χ2v) is 17.7. The van der Waals surface area contributed by atoms with Crippen LogP contribution in [0.5, 0.6) is 11.5 Å². The highest BCUT2D eigenvalue weighted by Crippen LogP contribution is 2.41. The number of fused-ring (bicyclic) bond motifs is 6. The number of benzene rings is 6. The summed E-state index contributed by atoms with van der Waals surface area (Å²) < 4.78 is 9.00. The molecule has 0 aliphatic carbocycles. The number of hydrogen-bond acceptors (Lipinski definition) is 4. The Hall–Kier alpha value is -6.21. The first-order valence-electron chi connectivity index (χ1n) is 17.4. The molecule has 246 valence electrons. The summed E-state index contributed by atoms with van der Waals surface area (Å²) in [6.45, 7) is 0. The summed E-state index contributed by atoms with van der Waals surface area (Å²) in [6, 6.07) is 62.8. The minimum Gasteiger partial charge on any atom is -0.457 e. The van der Waals surface area contributed by atoms with Gasteiger partial charge < -0.3 is 4.74 Å². The minimum atomic E-state index is -2.89. The number of pyridine rings is 2. The molecular weight excluding hydrogens is 671 g/mol. The summed E-state index contributed by atoms with van der Waals surface area (Å²) in [4.78, 5) is 12.1. The van der Waals surface area contributed by atoms with Crippen LogP contribution in [0.4, 0.5) is 0 Å². The average Bonchev–Trinajstić information content (AvgIpc) is 3.55. The molecule has 0 atom stereocenters. The van der Waals surface area contributed by atoms with Crippen LogP contribution in [0.2, 0.25) is 0 Å². The molecule has 3 aromatic heterocycles. The molecule has 1 aliphatic heterocycles. The molecule has 9 aromatic rings. The Morgan fingerprint density at radius 3 is 1.96 bits per heavy atom. The van der Waals surface area contributed by atoms with E-state index in [4.69, 9.17) is 9.72 Å². The normalized spacial score (nSPS) is 13.1. The van der Waals surface area contributed by atoms with E-state index in [0.717, 1.165) is 39.5 Å². The zero-order valence-corrected chi connectivity index (χ0v) is 29.9. The van der Waals surface area contributed by atoms with Crippen molar-refractivity contribution >= 4 is 62.4 Å². The summed E-state index contributed by atoms with van der Waals surface area (Å²) in [5, 5.41) is 7.87. The molecule has 0 saturated heterocycles. The predicted octanol–water partition coefficient (Wildman–Crippen LogP) is 8.88. The molecule has 0 radical (unpaired) electrons. The van der Waals surface area contributed by atoms with Crippen molar-refractivity contribution in [2.75, 3.05) is 0 Å². The number of nitrogens with zero attached hydrogens (tertiary/aromatic N) is 3. The van der Waals surface area contributed by atoms with Gasteiger partial charge in [0.25, 0.3) is 0 Å². The second-order valence-electron chi connectivity index (χ2n) is 13.0. The fourth-order valence-corrected chi connectivity index (χ4v) is 15.1. The average molecular weight is 702 g/mol. The zero-order valence-electron chi connectivity index (χ0n) is 28.1. The molecule has 1 aliphatic rings. The third-order valence-electron chi connectivity index (χ3n) is 10.1. The summed E-state index contributed by atoms with van der Waals surface area (Å²) in [7, 11) is -2.89. The Morgan fingerprint density at radius 1 is 0.519 bits per heavy atom. The summed E-state index contributed by atoms with van der Waals surface area (Å²) in [6.07, 6.45) is 3.70. The maximum atomic E-state index is 6.62. The first kappa shape index (κ1) is 30.6. The molecule has 6 aromatic carbocycles. The van der Waals surface area contributed by atoms with Crippen molar-refractivity contribution in [2.45, 2.75) is 9.79 Å². The summed E-state index contributed by atoms with van der Waals surface area (Å²) in [5.74, 6) is 2.39. The van der Waals surface area contributed by atoms with E-state index in [-0.39, 0.29) is 0 Å². The van der Waals surface area contributed by atoms with Gasteiger partial charge >= 0.3 is 0 Å². The van der Waals surface area contributed by atoms with Crippen molar-refractivity contribution in [1.29, 1.82) is 0 Å². The molecule has 52 heavy (non-hydrogen) atoms. The van der Waals surface area contributed by atoms with Crippen LogP contribution in [0.3, 0.4) is 0 Å². The van der Waals surface area contributed by atoms with Gasteiger partial charge in [0, 0.05) is 44.6 Å². The molecule has 0 fully saturated rings. The van der Waals surface area contributed by atoms with E-state index in [9.17, 15) is 0 Å². The molecule has 6 heteroatoms. The van der Waals surface area contributed by atoms with Gasteiger partial charge in [-0.2, -0.15) is 0 Å². The fraction of sp³-hybridized carbons (Fsp3) is 0. The first-order valence-corrected chi connectivity index (χ1v) is 20.2. The smallest absolute Gasteiger partial charge is 0.184 e. The Kier molecular flexibility index (Phi) is 7.37. The van der Waals surface area contributed by atoms with Crippen LogP contribution < -0.4 is 25.5 Å². The highest BCUT2D eigenvalue weighted by atomic mass is 32.2. The maximum absolute atomic E-state index is 6.62.